The van der Waals surface area contributed by atoms with Crippen LogP contribution in [0.5, 0.6) is 0 Å². The number of amides is 1. The Kier molecular flexibility index (Phi) is 6.56. The van der Waals surface area contributed by atoms with Gasteiger partial charge in [-0.2, -0.15) is 0 Å². The van der Waals surface area contributed by atoms with E-state index in [1.807, 2.05) is 7.05 Å². The van der Waals surface area contributed by atoms with Gasteiger partial charge in [0, 0.05) is 18.5 Å². The molecule has 0 atom stereocenters. The maximum atomic E-state index is 11.7. The van der Waals surface area contributed by atoms with Gasteiger partial charge in [-0.1, -0.05) is 20.3 Å². The van der Waals surface area contributed by atoms with E-state index in [0.29, 0.717) is 24.4 Å². The second-order valence-electron chi connectivity index (χ2n) is 5.69. The number of nitrogens with one attached hydrogen (secondary N) is 2. The molecule has 1 fully saturated rings. The van der Waals surface area contributed by atoms with Crippen LogP contribution < -0.4 is 10.6 Å². The Hall–Kier alpha value is -0.570. The van der Waals surface area contributed by atoms with Crippen molar-refractivity contribution in [3.8, 4) is 0 Å². The zero-order chi connectivity index (χ0) is 12.7. The molecule has 0 heterocycles. The van der Waals surface area contributed by atoms with Crippen molar-refractivity contribution in [3.63, 3.8) is 0 Å². The van der Waals surface area contributed by atoms with Gasteiger partial charge in [0.05, 0.1) is 0 Å². The highest BCUT2D eigenvalue weighted by molar-refractivity contribution is 5.76. The number of carbonyl (C=O) groups excluding carboxylic acids is 1. The van der Waals surface area contributed by atoms with E-state index in [1.54, 1.807) is 0 Å². The van der Waals surface area contributed by atoms with E-state index in [1.165, 1.54) is 12.8 Å². The number of hydrogen-bond acceptors (Lipinski definition) is 2. The van der Waals surface area contributed by atoms with Crippen LogP contribution in [-0.2, 0) is 4.79 Å². The van der Waals surface area contributed by atoms with E-state index in [2.05, 4.69) is 24.5 Å². The molecule has 17 heavy (non-hydrogen) atoms. The lowest BCUT2D eigenvalue weighted by molar-refractivity contribution is -0.122. The highest BCUT2D eigenvalue weighted by Crippen LogP contribution is 2.18. The summed E-state index contributed by atoms with van der Waals surface area (Å²) >= 11 is 0. The average molecular weight is 240 g/mol. The number of rotatable bonds is 6. The quantitative estimate of drug-likeness (QED) is 0.749. The second-order valence-corrected chi connectivity index (χ2v) is 5.69. The Morgan fingerprint density at radius 3 is 2.29 bits per heavy atom. The molecule has 0 aliphatic heterocycles. The fourth-order valence-electron chi connectivity index (χ4n) is 2.50. The minimum atomic E-state index is 0.249. The molecule has 0 aromatic carbocycles. The summed E-state index contributed by atoms with van der Waals surface area (Å²) in [5, 5.41) is 6.48. The zero-order valence-electron chi connectivity index (χ0n) is 11.6. The predicted molar refractivity (Wildman–Crippen MR) is 71.9 cm³/mol. The van der Waals surface area contributed by atoms with Crippen LogP contribution >= 0.6 is 0 Å². The van der Waals surface area contributed by atoms with Crippen LogP contribution in [-0.4, -0.2) is 25.0 Å². The number of hydrogen-bond donors (Lipinski definition) is 2. The van der Waals surface area contributed by atoms with E-state index < -0.39 is 0 Å². The van der Waals surface area contributed by atoms with Gasteiger partial charge in [0.2, 0.25) is 5.91 Å². The Bertz CT molecular complexity index is 220. The van der Waals surface area contributed by atoms with Crippen LogP contribution in [0.25, 0.3) is 0 Å². The Morgan fingerprint density at radius 1 is 1.18 bits per heavy atom. The van der Waals surface area contributed by atoms with Crippen LogP contribution in [0.1, 0.15) is 58.8 Å². The monoisotopic (exact) mass is 240 g/mol. The lowest BCUT2D eigenvalue weighted by Gasteiger charge is -2.28. The standard InChI is InChI=1S/C14H28N2O/c1-11(2)5-4-6-14(17)16-13-9-7-12(15-3)8-10-13/h11-13,15H,4-10H2,1-3H3,(H,16,17). The average Bonchev–Trinajstić information content (AvgIpc) is 2.29. The molecule has 1 aliphatic rings. The van der Waals surface area contributed by atoms with E-state index in [4.69, 9.17) is 0 Å². The lowest BCUT2D eigenvalue weighted by atomic mass is 9.91. The summed E-state index contributed by atoms with van der Waals surface area (Å²) in [7, 11) is 2.02. The van der Waals surface area contributed by atoms with Gasteiger partial charge in [0.25, 0.3) is 0 Å². The zero-order valence-corrected chi connectivity index (χ0v) is 11.6. The second kappa shape index (κ2) is 7.70. The Labute approximate surface area is 106 Å². The third kappa shape index (κ3) is 6.06. The van der Waals surface area contributed by atoms with Crippen LogP contribution in [0, 0.1) is 5.92 Å². The number of carbonyl (C=O) groups is 1. The highest BCUT2D eigenvalue weighted by Gasteiger charge is 2.20. The highest BCUT2D eigenvalue weighted by atomic mass is 16.1. The van der Waals surface area contributed by atoms with Gasteiger partial charge >= 0.3 is 0 Å². The first-order chi connectivity index (χ1) is 8.11. The molecule has 0 spiro atoms. The third-order valence-electron chi connectivity index (χ3n) is 3.69. The fourth-order valence-corrected chi connectivity index (χ4v) is 2.50. The third-order valence-corrected chi connectivity index (χ3v) is 3.69. The van der Waals surface area contributed by atoms with E-state index in [0.717, 1.165) is 25.7 Å². The van der Waals surface area contributed by atoms with Crippen LogP contribution in [0.3, 0.4) is 0 Å². The molecular weight excluding hydrogens is 212 g/mol. The van der Waals surface area contributed by atoms with Crippen molar-refractivity contribution in [2.45, 2.75) is 70.9 Å². The summed E-state index contributed by atoms with van der Waals surface area (Å²) in [6.07, 6.45) is 7.50. The van der Waals surface area contributed by atoms with E-state index in [-0.39, 0.29) is 5.91 Å². The molecule has 1 aliphatic carbocycles. The molecular formula is C14H28N2O. The van der Waals surface area contributed by atoms with Crippen LogP contribution in [0.2, 0.25) is 0 Å². The minimum Gasteiger partial charge on any atom is -0.353 e. The molecule has 0 aromatic heterocycles. The molecule has 1 amide bonds. The van der Waals surface area contributed by atoms with Gasteiger partial charge in [-0.05, 0) is 45.1 Å². The smallest absolute Gasteiger partial charge is 0.220 e. The van der Waals surface area contributed by atoms with E-state index >= 15 is 0 Å². The maximum Gasteiger partial charge on any atom is 0.220 e. The first kappa shape index (κ1) is 14.5. The maximum absolute atomic E-state index is 11.7. The molecule has 100 valence electrons. The van der Waals surface area contributed by atoms with Gasteiger partial charge in [-0.25, -0.2) is 0 Å². The molecule has 0 aromatic rings. The first-order valence-electron chi connectivity index (χ1n) is 7.08. The van der Waals surface area contributed by atoms with Crippen molar-refractivity contribution < 1.29 is 4.79 Å². The van der Waals surface area contributed by atoms with Gasteiger partial charge < -0.3 is 10.6 Å². The molecule has 0 bridgehead atoms. The summed E-state index contributed by atoms with van der Waals surface area (Å²) in [4.78, 5) is 11.7. The molecule has 3 nitrogen and oxygen atoms in total. The van der Waals surface area contributed by atoms with Crippen LogP contribution in [0.15, 0.2) is 0 Å². The van der Waals surface area contributed by atoms with Crippen molar-refractivity contribution in [1.29, 1.82) is 0 Å². The van der Waals surface area contributed by atoms with Crippen molar-refractivity contribution in [2.75, 3.05) is 7.05 Å². The van der Waals surface area contributed by atoms with Crippen molar-refractivity contribution in [2.24, 2.45) is 5.92 Å². The molecule has 2 N–H and O–H groups in total. The summed E-state index contributed by atoms with van der Waals surface area (Å²) in [6, 6.07) is 1.08. The minimum absolute atomic E-state index is 0.249. The molecule has 0 saturated heterocycles. The summed E-state index contributed by atoms with van der Waals surface area (Å²) in [5.74, 6) is 0.951. The Balaban J connectivity index is 2.10. The molecule has 1 saturated carbocycles. The van der Waals surface area contributed by atoms with Gasteiger partial charge in [-0.3, -0.25) is 4.79 Å². The first-order valence-corrected chi connectivity index (χ1v) is 7.08. The van der Waals surface area contributed by atoms with Gasteiger partial charge in [-0.15, -0.1) is 0 Å². The largest absolute Gasteiger partial charge is 0.353 e. The topological polar surface area (TPSA) is 41.1 Å². The fraction of sp³-hybridized carbons (Fsp3) is 0.929. The molecule has 3 heteroatoms. The summed E-state index contributed by atoms with van der Waals surface area (Å²) in [5.41, 5.74) is 0. The van der Waals surface area contributed by atoms with Crippen molar-refractivity contribution in [3.05, 3.63) is 0 Å². The van der Waals surface area contributed by atoms with Crippen LogP contribution in [0.4, 0.5) is 0 Å². The van der Waals surface area contributed by atoms with Crippen molar-refractivity contribution in [1.82, 2.24) is 10.6 Å². The Morgan fingerprint density at radius 2 is 1.76 bits per heavy atom. The SMILES string of the molecule is CNC1CCC(NC(=O)CCCC(C)C)CC1. The van der Waals surface area contributed by atoms with Gasteiger partial charge in [0.15, 0.2) is 0 Å². The van der Waals surface area contributed by atoms with Crippen molar-refractivity contribution >= 4 is 5.91 Å². The molecule has 1 rings (SSSR count). The predicted octanol–water partition coefficient (Wildman–Crippen LogP) is 2.46. The molecule has 0 unspecified atom stereocenters. The molecule has 0 radical (unpaired) electrons. The summed E-state index contributed by atoms with van der Waals surface area (Å²) < 4.78 is 0. The summed E-state index contributed by atoms with van der Waals surface area (Å²) in [6.45, 7) is 4.41. The normalized spacial score (nSPS) is 24.9. The van der Waals surface area contributed by atoms with E-state index in [9.17, 15) is 4.79 Å². The lowest BCUT2D eigenvalue weighted by Crippen LogP contribution is -2.41. The van der Waals surface area contributed by atoms with Gasteiger partial charge in [0.1, 0.15) is 0 Å².